The van der Waals surface area contributed by atoms with Gasteiger partial charge in [0.2, 0.25) is 10.0 Å². The van der Waals surface area contributed by atoms with Crippen molar-refractivity contribution >= 4 is 21.4 Å². The molecule has 0 radical (unpaired) electrons. The molecular formula is C12H18N4O2S. The number of anilines is 2. The highest BCUT2D eigenvalue weighted by Crippen LogP contribution is 2.27. The van der Waals surface area contributed by atoms with Crippen molar-refractivity contribution in [2.45, 2.75) is 11.8 Å². The van der Waals surface area contributed by atoms with Crippen LogP contribution in [0.25, 0.3) is 0 Å². The quantitative estimate of drug-likeness (QED) is 0.777. The fraction of sp³-hybridized carbons (Fsp3) is 0.417. The van der Waals surface area contributed by atoms with E-state index in [1.54, 1.807) is 31.0 Å². The Balaban J connectivity index is 3.25. The number of nitrogens with zero attached hydrogens (tertiary/aromatic N) is 2. The molecule has 104 valence electrons. The molecule has 6 nitrogen and oxygen atoms in total. The number of nitrogens with two attached hydrogens (primary N) is 1. The Morgan fingerprint density at radius 3 is 2.68 bits per heavy atom. The van der Waals surface area contributed by atoms with Gasteiger partial charge in [-0.3, -0.25) is 0 Å². The summed E-state index contributed by atoms with van der Waals surface area (Å²) in [6.45, 7) is 2.21. The Morgan fingerprint density at radius 2 is 2.16 bits per heavy atom. The first-order valence-electron chi connectivity index (χ1n) is 5.75. The third-order valence-electron chi connectivity index (χ3n) is 2.72. The lowest BCUT2D eigenvalue weighted by Gasteiger charge is -2.23. The van der Waals surface area contributed by atoms with E-state index in [1.165, 1.54) is 13.1 Å². The molecule has 0 saturated carbocycles. The predicted octanol–water partition coefficient (Wildman–Crippen LogP) is 0.773. The second-order valence-electron chi connectivity index (χ2n) is 4.35. The maximum atomic E-state index is 12.0. The molecule has 0 heterocycles. The molecule has 0 spiro atoms. The zero-order valence-electron chi connectivity index (χ0n) is 11.2. The molecule has 0 aliphatic heterocycles. The standard InChI is InChI=1S/C12H18N4O2S/c1-9(7-13)8-16(3)11-5-4-10(14)6-12(11)19(17,18)15-2/h4-6,9,15H,8,14H2,1-3H3. The van der Waals surface area contributed by atoms with Gasteiger partial charge in [-0.2, -0.15) is 5.26 Å². The fourth-order valence-corrected chi connectivity index (χ4v) is 2.73. The SMILES string of the molecule is CNS(=O)(=O)c1cc(N)ccc1N(C)CC(C)C#N. The van der Waals surface area contributed by atoms with Crippen molar-refractivity contribution in [2.75, 3.05) is 31.3 Å². The molecule has 19 heavy (non-hydrogen) atoms. The van der Waals surface area contributed by atoms with Crippen LogP contribution in [-0.4, -0.2) is 29.1 Å². The van der Waals surface area contributed by atoms with E-state index < -0.39 is 10.0 Å². The highest BCUT2D eigenvalue weighted by Gasteiger charge is 2.20. The lowest BCUT2D eigenvalue weighted by molar-refractivity contribution is 0.587. The Bertz CT molecular complexity index is 592. The van der Waals surface area contributed by atoms with Gasteiger partial charge in [0.05, 0.1) is 17.7 Å². The summed E-state index contributed by atoms with van der Waals surface area (Å²) in [5.74, 6) is -0.201. The van der Waals surface area contributed by atoms with Crippen LogP contribution >= 0.6 is 0 Å². The smallest absolute Gasteiger partial charge is 0.242 e. The van der Waals surface area contributed by atoms with Gasteiger partial charge < -0.3 is 10.6 Å². The summed E-state index contributed by atoms with van der Waals surface area (Å²) in [4.78, 5) is 1.85. The van der Waals surface area contributed by atoms with Crippen molar-refractivity contribution in [1.82, 2.24) is 4.72 Å². The number of nitrogens with one attached hydrogen (secondary N) is 1. The second kappa shape index (κ2) is 5.91. The summed E-state index contributed by atoms with van der Waals surface area (Å²) in [5.41, 5.74) is 6.54. The van der Waals surface area contributed by atoms with Crippen molar-refractivity contribution in [3.63, 3.8) is 0 Å². The first-order chi connectivity index (χ1) is 8.81. The monoisotopic (exact) mass is 282 g/mol. The Morgan fingerprint density at radius 1 is 1.53 bits per heavy atom. The summed E-state index contributed by atoms with van der Waals surface area (Å²) >= 11 is 0. The molecule has 1 unspecified atom stereocenters. The highest BCUT2D eigenvalue weighted by atomic mass is 32.2. The Hall–Kier alpha value is -1.78. The van der Waals surface area contributed by atoms with Crippen LogP contribution in [0.1, 0.15) is 6.92 Å². The summed E-state index contributed by atoms with van der Waals surface area (Å²) in [7, 11) is -0.502. The highest BCUT2D eigenvalue weighted by molar-refractivity contribution is 7.89. The maximum Gasteiger partial charge on any atom is 0.242 e. The van der Waals surface area contributed by atoms with Crippen LogP contribution < -0.4 is 15.4 Å². The number of hydrogen-bond acceptors (Lipinski definition) is 5. The van der Waals surface area contributed by atoms with E-state index in [-0.39, 0.29) is 10.8 Å². The van der Waals surface area contributed by atoms with Crippen molar-refractivity contribution in [3.8, 4) is 6.07 Å². The van der Waals surface area contributed by atoms with Gasteiger partial charge in [-0.25, -0.2) is 13.1 Å². The molecule has 1 aromatic carbocycles. The van der Waals surface area contributed by atoms with E-state index in [4.69, 9.17) is 11.0 Å². The topological polar surface area (TPSA) is 99.2 Å². The minimum Gasteiger partial charge on any atom is -0.399 e. The molecule has 0 amide bonds. The van der Waals surface area contributed by atoms with Crippen molar-refractivity contribution in [3.05, 3.63) is 18.2 Å². The molecule has 7 heteroatoms. The predicted molar refractivity (Wildman–Crippen MR) is 75.1 cm³/mol. The number of sulfonamides is 1. The number of nitriles is 1. The summed E-state index contributed by atoms with van der Waals surface area (Å²) in [5, 5.41) is 8.82. The van der Waals surface area contributed by atoms with E-state index in [0.717, 1.165) is 0 Å². The summed E-state index contributed by atoms with van der Waals surface area (Å²) in [6, 6.07) is 6.81. The van der Waals surface area contributed by atoms with Crippen LogP contribution in [0, 0.1) is 17.2 Å². The van der Waals surface area contributed by atoms with Crippen LogP contribution in [-0.2, 0) is 10.0 Å². The van der Waals surface area contributed by atoms with E-state index in [9.17, 15) is 8.42 Å². The van der Waals surface area contributed by atoms with Crippen molar-refractivity contribution in [1.29, 1.82) is 5.26 Å². The number of benzene rings is 1. The first kappa shape index (κ1) is 15.3. The van der Waals surface area contributed by atoms with Gasteiger partial charge in [0, 0.05) is 19.3 Å². The summed E-state index contributed by atoms with van der Waals surface area (Å²) in [6.07, 6.45) is 0. The maximum absolute atomic E-state index is 12.0. The number of hydrogen-bond donors (Lipinski definition) is 2. The van der Waals surface area contributed by atoms with Gasteiger partial charge >= 0.3 is 0 Å². The van der Waals surface area contributed by atoms with Gasteiger partial charge in [0.15, 0.2) is 0 Å². The molecule has 0 bridgehead atoms. The van der Waals surface area contributed by atoms with E-state index in [2.05, 4.69) is 10.8 Å². The lowest BCUT2D eigenvalue weighted by atomic mass is 10.2. The lowest BCUT2D eigenvalue weighted by Crippen LogP contribution is -2.27. The fourth-order valence-electron chi connectivity index (χ4n) is 1.72. The molecule has 0 aliphatic carbocycles. The average Bonchev–Trinajstić information content (AvgIpc) is 2.38. The van der Waals surface area contributed by atoms with Gasteiger partial charge in [0.25, 0.3) is 0 Å². The third-order valence-corrected chi connectivity index (χ3v) is 4.16. The summed E-state index contributed by atoms with van der Waals surface area (Å²) < 4.78 is 26.2. The van der Waals surface area contributed by atoms with Crippen molar-refractivity contribution < 1.29 is 8.42 Å². The van der Waals surface area contributed by atoms with Gasteiger partial charge in [-0.15, -0.1) is 0 Å². The molecule has 1 atom stereocenters. The molecule has 3 N–H and O–H groups in total. The second-order valence-corrected chi connectivity index (χ2v) is 6.20. The number of nitrogen functional groups attached to an aromatic ring is 1. The third kappa shape index (κ3) is 3.59. The van der Waals surface area contributed by atoms with Gasteiger partial charge in [0.1, 0.15) is 4.90 Å². The van der Waals surface area contributed by atoms with Crippen LogP contribution in [0.4, 0.5) is 11.4 Å². The van der Waals surface area contributed by atoms with Crippen LogP contribution in [0.2, 0.25) is 0 Å². The molecule has 1 rings (SSSR count). The van der Waals surface area contributed by atoms with Gasteiger partial charge in [-0.1, -0.05) is 0 Å². The Kier molecular flexibility index (Phi) is 4.75. The van der Waals surface area contributed by atoms with E-state index >= 15 is 0 Å². The largest absolute Gasteiger partial charge is 0.399 e. The molecule has 0 aromatic heterocycles. The minimum absolute atomic E-state index is 0.114. The van der Waals surface area contributed by atoms with Crippen LogP contribution in [0.3, 0.4) is 0 Å². The number of rotatable bonds is 5. The van der Waals surface area contributed by atoms with Crippen molar-refractivity contribution in [2.24, 2.45) is 5.92 Å². The van der Waals surface area contributed by atoms with Gasteiger partial charge in [-0.05, 0) is 32.2 Å². The molecule has 1 aromatic rings. The van der Waals surface area contributed by atoms with Crippen LogP contribution in [0.15, 0.2) is 23.1 Å². The zero-order chi connectivity index (χ0) is 14.6. The first-order valence-corrected chi connectivity index (χ1v) is 7.24. The minimum atomic E-state index is -3.59. The van der Waals surface area contributed by atoms with E-state index in [1.807, 2.05) is 0 Å². The molecule has 0 aliphatic rings. The van der Waals surface area contributed by atoms with E-state index in [0.29, 0.717) is 17.9 Å². The zero-order valence-corrected chi connectivity index (χ0v) is 12.0. The molecule has 0 fully saturated rings. The Labute approximate surface area is 113 Å². The van der Waals surface area contributed by atoms with Crippen LogP contribution in [0.5, 0.6) is 0 Å². The normalized spacial score (nSPS) is 12.7. The molecular weight excluding hydrogens is 264 g/mol. The average molecular weight is 282 g/mol. The molecule has 0 saturated heterocycles.